The van der Waals surface area contributed by atoms with Gasteiger partial charge in [-0.05, 0) is 56.2 Å². The number of rotatable bonds is 3. The minimum Gasteiger partial charge on any atom is -0.200 e. The van der Waals surface area contributed by atoms with E-state index in [4.69, 9.17) is 0 Å². The fourth-order valence-electron chi connectivity index (χ4n) is 2.59. The molecule has 0 spiro atoms. The second kappa shape index (κ2) is 8.48. The Bertz CT molecular complexity index is 1190. The van der Waals surface area contributed by atoms with E-state index in [2.05, 4.69) is 23.8 Å². The Balaban J connectivity index is 2.19. The molecular weight excluding hydrogens is 366 g/mol. The van der Waals surface area contributed by atoms with Crippen molar-refractivity contribution in [3.05, 3.63) is 95.6 Å². The van der Waals surface area contributed by atoms with Crippen LogP contribution in [0.25, 0.3) is 0 Å². The maximum Gasteiger partial charge on any atom is 0.275 e. The summed E-state index contributed by atoms with van der Waals surface area (Å²) >= 11 is 0. The van der Waals surface area contributed by atoms with Gasteiger partial charge in [-0.2, -0.15) is 4.31 Å². The smallest absolute Gasteiger partial charge is 0.200 e. The van der Waals surface area contributed by atoms with Gasteiger partial charge in [0.05, 0.1) is 16.1 Å². The van der Waals surface area contributed by atoms with Crippen molar-refractivity contribution in [2.75, 3.05) is 4.31 Å². The van der Waals surface area contributed by atoms with Crippen molar-refractivity contribution in [2.45, 2.75) is 18.7 Å². The minimum atomic E-state index is -3.89. The average molecular weight is 385 g/mol. The van der Waals surface area contributed by atoms with Crippen molar-refractivity contribution in [1.29, 1.82) is 0 Å². The molecule has 3 rings (SSSR count). The van der Waals surface area contributed by atoms with Crippen LogP contribution in [0.1, 0.15) is 23.6 Å². The molecular formula is C24H19NO2S. The second-order valence-electron chi connectivity index (χ2n) is 6.08. The first kappa shape index (κ1) is 19.3. The molecule has 0 unspecified atom stereocenters. The predicted octanol–water partition coefficient (Wildman–Crippen LogP) is 4.57. The van der Waals surface area contributed by atoms with Gasteiger partial charge >= 0.3 is 0 Å². The Labute approximate surface area is 166 Å². The number of benzene rings is 3. The van der Waals surface area contributed by atoms with E-state index in [1.165, 1.54) is 0 Å². The quantitative estimate of drug-likeness (QED) is 0.489. The fourth-order valence-corrected chi connectivity index (χ4v) is 3.87. The van der Waals surface area contributed by atoms with E-state index < -0.39 is 10.0 Å². The lowest BCUT2D eigenvalue weighted by atomic mass is 10.2. The first-order valence-electron chi connectivity index (χ1n) is 8.73. The molecule has 0 aliphatic heterocycles. The number of hydrogen-bond acceptors (Lipinski definition) is 2. The van der Waals surface area contributed by atoms with Crippen molar-refractivity contribution in [3.63, 3.8) is 0 Å². The summed E-state index contributed by atoms with van der Waals surface area (Å²) in [6.07, 6.45) is 0. The van der Waals surface area contributed by atoms with Gasteiger partial charge in [0.2, 0.25) is 0 Å². The van der Waals surface area contributed by atoms with Crippen molar-refractivity contribution < 1.29 is 8.42 Å². The molecule has 0 saturated heterocycles. The number of nitrogens with zero attached hydrogens (tertiary/aromatic N) is 1. The van der Waals surface area contributed by atoms with Crippen LogP contribution in [0.15, 0.2) is 83.8 Å². The molecule has 0 N–H and O–H groups in total. The first-order valence-corrected chi connectivity index (χ1v) is 10.2. The molecule has 3 aromatic rings. The lowest BCUT2D eigenvalue weighted by molar-refractivity contribution is 0.596. The van der Waals surface area contributed by atoms with Gasteiger partial charge in [0.15, 0.2) is 0 Å². The van der Waals surface area contributed by atoms with Crippen molar-refractivity contribution in [2.24, 2.45) is 0 Å². The van der Waals surface area contributed by atoms with Crippen LogP contribution < -0.4 is 4.31 Å². The van der Waals surface area contributed by atoms with Gasteiger partial charge in [0.1, 0.15) is 0 Å². The molecule has 0 aliphatic rings. The molecule has 0 saturated carbocycles. The molecule has 0 radical (unpaired) electrons. The second-order valence-corrected chi connectivity index (χ2v) is 7.86. The Morgan fingerprint density at radius 3 is 2.11 bits per heavy atom. The summed E-state index contributed by atoms with van der Waals surface area (Å²) in [5, 5.41) is 0. The summed E-state index contributed by atoms with van der Waals surface area (Å²) in [7, 11) is -3.89. The van der Waals surface area contributed by atoms with E-state index >= 15 is 0 Å². The van der Waals surface area contributed by atoms with Gasteiger partial charge in [0, 0.05) is 11.6 Å². The predicted molar refractivity (Wildman–Crippen MR) is 113 cm³/mol. The Morgan fingerprint density at radius 2 is 1.43 bits per heavy atom. The molecule has 28 heavy (non-hydrogen) atoms. The van der Waals surface area contributed by atoms with Gasteiger partial charge < -0.3 is 0 Å². The standard InChI is InChI=1S/C24H19NO2S/c1-3-9-22-12-7-8-13-24(22)25(19-18-21-10-5-4-6-11-21)28(26,27)23-16-14-20(2)15-17-23/h4-8,10-17H,1-2H3. The van der Waals surface area contributed by atoms with Crippen LogP contribution in [-0.4, -0.2) is 8.42 Å². The van der Waals surface area contributed by atoms with Crippen molar-refractivity contribution in [3.8, 4) is 23.8 Å². The molecule has 0 heterocycles. The van der Waals surface area contributed by atoms with Crippen molar-refractivity contribution in [1.82, 2.24) is 0 Å². The van der Waals surface area contributed by atoms with Crippen molar-refractivity contribution >= 4 is 15.7 Å². The van der Waals surface area contributed by atoms with Crippen LogP contribution in [0.4, 0.5) is 5.69 Å². The van der Waals surface area contributed by atoms with Crippen LogP contribution in [-0.2, 0) is 10.0 Å². The lowest BCUT2D eigenvalue weighted by Gasteiger charge is -2.19. The van der Waals surface area contributed by atoms with Crippen LogP contribution in [0.2, 0.25) is 0 Å². The summed E-state index contributed by atoms with van der Waals surface area (Å²) < 4.78 is 27.9. The third-order valence-corrected chi connectivity index (χ3v) is 5.65. The van der Waals surface area contributed by atoms with Gasteiger partial charge in [-0.1, -0.05) is 53.9 Å². The topological polar surface area (TPSA) is 37.4 Å². The molecule has 0 atom stereocenters. The maximum absolute atomic E-state index is 13.4. The van der Waals surface area contributed by atoms with E-state index in [0.29, 0.717) is 11.3 Å². The summed E-state index contributed by atoms with van der Waals surface area (Å²) in [6.45, 7) is 3.63. The number of sulfonamides is 1. The summed E-state index contributed by atoms with van der Waals surface area (Å²) in [5.41, 5.74) is 2.74. The number of aryl methyl sites for hydroxylation is 1. The minimum absolute atomic E-state index is 0.180. The molecule has 0 bridgehead atoms. The van der Waals surface area contributed by atoms with Crippen LogP contribution >= 0.6 is 0 Å². The first-order chi connectivity index (χ1) is 13.5. The SMILES string of the molecule is CC#Cc1ccccc1N(C#Cc1ccccc1)S(=O)(=O)c1ccc(C)cc1. The highest BCUT2D eigenvalue weighted by Crippen LogP contribution is 2.26. The van der Waals surface area contributed by atoms with Crippen LogP contribution in [0.3, 0.4) is 0 Å². The highest BCUT2D eigenvalue weighted by molar-refractivity contribution is 7.93. The van der Waals surface area contributed by atoms with Crippen LogP contribution in [0, 0.1) is 30.7 Å². The highest BCUT2D eigenvalue weighted by Gasteiger charge is 2.25. The number of para-hydroxylation sites is 1. The van der Waals surface area contributed by atoms with Gasteiger partial charge in [-0.15, -0.1) is 5.92 Å². The van der Waals surface area contributed by atoms with E-state index in [0.717, 1.165) is 15.4 Å². The Kier molecular flexibility index (Phi) is 5.84. The zero-order chi connectivity index (χ0) is 20.0. The summed E-state index contributed by atoms with van der Waals surface area (Å²) in [4.78, 5) is 0.180. The van der Waals surface area contributed by atoms with Gasteiger partial charge in [0.25, 0.3) is 10.0 Å². The summed E-state index contributed by atoms with van der Waals surface area (Å²) in [6, 6.07) is 25.9. The molecule has 0 amide bonds. The third-order valence-electron chi connectivity index (χ3n) is 4.02. The maximum atomic E-state index is 13.4. The largest absolute Gasteiger partial charge is 0.275 e. The molecule has 4 heteroatoms. The summed E-state index contributed by atoms with van der Waals surface area (Å²) in [5.74, 6) is 8.74. The number of hydrogen-bond donors (Lipinski definition) is 0. The molecule has 0 aliphatic carbocycles. The molecule has 138 valence electrons. The monoisotopic (exact) mass is 385 g/mol. The fraction of sp³-hybridized carbons (Fsp3) is 0.0833. The Morgan fingerprint density at radius 1 is 0.786 bits per heavy atom. The average Bonchev–Trinajstić information content (AvgIpc) is 2.70. The Hall–Kier alpha value is -3.47. The van der Waals surface area contributed by atoms with E-state index in [1.54, 1.807) is 49.4 Å². The molecule has 0 aromatic heterocycles. The zero-order valence-electron chi connectivity index (χ0n) is 15.7. The van der Waals surface area contributed by atoms with Gasteiger partial charge in [-0.25, -0.2) is 8.42 Å². The molecule has 3 nitrogen and oxygen atoms in total. The van der Waals surface area contributed by atoms with E-state index in [-0.39, 0.29) is 4.90 Å². The van der Waals surface area contributed by atoms with E-state index in [1.807, 2.05) is 43.3 Å². The van der Waals surface area contributed by atoms with Gasteiger partial charge in [-0.3, -0.25) is 0 Å². The molecule has 3 aromatic carbocycles. The lowest BCUT2D eigenvalue weighted by Crippen LogP contribution is -2.27. The number of anilines is 1. The highest BCUT2D eigenvalue weighted by atomic mass is 32.2. The van der Waals surface area contributed by atoms with E-state index in [9.17, 15) is 8.42 Å². The third kappa shape index (κ3) is 4.26. The van der Waals surface area contributed by atoms with Crippen LogP contribution in [0.5, 0.6) is 0 Å². The molecule has 0 fully saturated rings. The normalized spacial score (nSPS) is 10.2. The zero-order valence-corrected chi connectivity index (χ0v) is 16.5.